The number of hydrogen-bond donors (Lipinski definition) is 2. The fourth-order valence-electron chi connectivity index (χ4n) is 1.67. The van der Waals surface area contributed by atoms with E-state index in [1.807, 2.05) is 0 Å². The molecule has 6 heteroatoms. The second kappa shape index (κ2) is 4.60. The minimum atomic E-state index is -1.22. The highest BCUT2D eigenvalue weighted by molar-refractivity contribution is 9.10. The number of phenolic OH excluding ortho intramolecular Hbond substituents is 1. The molecule has 1 aromatic carbocycles. The molecule has 1 rings (SSSR count). The van der Waals surface area contributed by atoms with E-state index in [2.05, 4.69) is 15.9 Å². The fraction of sp³-hybridized carbons (Fsp3) is 0.364. The van der Waals surface area contributed by atoms with Crippen LogP contribution in [0.4, 0.5) is 8.78 Å². The molecular weight excluding hydrogens is 298 g/mol. The summed E-state index contributed by atoms with van der Waals surface area (Å²) in [7, 11) is 0. The van der Waals surface area contributed by atoms with Crippen LogP contribution in [0.25, 0.3) is 0 Å². The van der Waals surface area contributed by atoms with Crippen LogP contribution in [0.3, 0.4) is 0 Å². The van der Waals surface area contributed by atoms with Gasteiger partial charge in [0, 0.05) is 11.0 Å². The summed E-state index contributed by atoms with van der Waals surface area (Å²) in [5, 5.41) is 18.2. The lowest BCUT2D eigenvalue weighted by molar-refractivity contribution is -0.138. The van der Waals surface area contributed by atoms with Crippen LogP contribution < -0.4 is 0 Å². The van der Waals surface area contributed by atoms with Crippen molar-refractivity contribution in [1.29, 1.82) is 0 Å². The molecule has 0 atom stereocenters. The van der Waals surface area contributed by atoms with Crippen LogP contribution in [-0.2, 0) is 10.2 Å². The standard InChI is InChI=1S/C11H11BrF2O3/c1-11(2,4-7(15)16)8-9(14)5(12)3-6(13)10(8)17/h3,17H,4H2,1-2H3,(H,15,16). The van der Waals surface area contributed by atoms with Crippen LogP contribution in [0.15, 0.2) is 10.5 Å². The number of carbonyl (C=O) groups is 1. The van der Waals surface area contributed by atoms with Crippen molar-refractivity contribution in [3.8, 4) is 5.75 Å². The van der Waals surface area contributed by atoms with Gasteiger partial charge in [-0.1, -0.05) is 13.8 Å². The minimum Gasteiger partial charge on any atom is -0.505 e. The predicted octanol–water partition coefficient (Wildman–Crippen LogP) is 3.19. The van der Waals surface area contributed by atoms with Gasteiger partial charge in [0.05, 0.1) is 10.9 Å². The van der Waals surface area contributed by atoms with Crippen LogP contribution >= 0.6 is 15.9 Å². The summed E-state index contributed by atoms with van der Waals surface area (Å²) in [5.74, 6) is -3.85. The van der Waals surface area contributed by atoms with E-state index in [9.17, 15) is 18.7 Å². The summed E-state index contributed by atoms with van der Waals surface area (Å²) >= 11 is 2.82. The molecule has 0 heterocycles. The fourth-order valence-corrected chi connectivity index (χ4v) is 2.07. The predicted molar refractivity (Wildman–Crippen MR) is 61.0 cm³/mol. The summed E-state index contributed by atoms with van der Waals surface area (Å²) in [6.07, 6.45) is -0.423. The normalized spacial score (nSPS) is 11.6. The highest BCUT2D eigenvalue weighted by Crippen LogP contribution is 2.40. The van der Waals surface area contributed by atoms with Crippen molar-refractivity contribution in [2.45, 2.75) is 25.7 Å². The lowest BCUT2D eigenvalue weighted by atomic mass is 9.80. The number of aromatic hydroxyl groups is 1. The lowest BCUT2D eigenvalue weighted by Crippen LogP contribution is -2.24. The number of carboxylic acids is 1. The van der Waals surface area contributed by atoms with Gasteiger partial charge < -0.3 is 10.2 Å². The Balaban J connectivity index is 3.44. The van der Waals surface area contributed by atoms with Crippen molar-refractivity contribution in [3.63, 3.8) is 0 Å². The Morgan fingerprint density at radius 2 is 2.00 bits per heavy atom. The van der Waals surface area contributed by atoms with Crippen molar-refractivity contribution in [2.24, 2.45) is 0 Å². The molecule has 0 fully saturated rings. The van der Waals surface area contributed by atoms with E-state index in [1.165, 1.54) is 13.8 Å². The molecule has 3 nitrogen and oxygen atoms in total. The third-order valence-electron chi connectivity index (χ3n) is 2.42. The first-order chi connectivity index (χ1) is 7.66. The average molecular weight is 309 g/mol. The molecule has 0 aliphatic heterocycles. The van der Waals surface area contributed by atoms with Gasteiger partial charge in [-0.05, 0) is 22.0 Å². The zero-order valence-corrected chi connectivity index (χ0v) is 10.8. The molecule has 0 spiro atoms. The van der Waals surface area contributed by atoms with Crippen LogP contribution in [-0.4, -0.2) is 16.2 Å². The maximum atomic E-state index is 13.8. The first kappa shape index (κ1) is 13.9. The lowest BCUT2D eigenvalue weighted by Gasteiger charge is -2.25. The van der Waals surface area contributed by atoms with Gasteiger partial charge in [-0.3, -0.25) is 4.79 Å². The van der Waals surface area contributed by atoms with E-state index in [0.717, 1.165) is 6.07 Å². The highest BCUT2D eigenvalue weighted by Gasteiger charge is 2.33. The number of carboxylic acid groups (broad SMARTS) is 1. The Hall–Kier alpha value is -1.17. The number of phenols is 1. The Kier molecular flexibility index (Phi) is 3.76. The van der Waals surface area contributed by atoms with Gasteiger partial charge in [0.25, 0.3) is 0 Å². The molecule has 0 aliphatic carbocycles. The van der Waals surface area contributed by atoms with Gasteiger partial charge >= 0.3 is 5.97 Å². The number of halogens is 3. The maximum Gasteiger partial charge on any atom is 0.304 e. The number of benzene rings is 1. The van der Waals surface area contributed by atoms with Gasteiger partial charge in [-0.2, -0.15) is 0 Å². The molecule has 0 aromatic heterocycles. The van der Waals surface area contributed by atoms with Crippen LogP contribution in [0.2, 0.25) is 0 Å². The summed E-state index contributed by atoms with van der Waals surface area (Å²) in [5.41, 5.74) is -1.56. The van der Waals surface area contributed by atoms with Gasteiger partial charge in [0.15, 0.2) is 11.6 Å². The number of hydrogen-bond acceptors (Lipinski definition) is 2. The number of rotatable bonds is 3. The molecule has 2 N–H and O–H groups in total. The van der Waals surface area contributed by atoms with E-state index in [-0.39, 0.29) is 10.0 Å². The third-order valence-corrected chi connectivity index (χ3v) is 2.99. The molecule has 0 aliphatic rings. The quantitative estimate of drug-likeness (QED) is 0.843. The van der Waals surface area contributed by atoms with Gasteiger partial charge in [0.2, 0.25) is 0 Å². The third kappa shape index (κ3) is 2.74. The highest BCUT2D eigenvalue weighted by atomic mass is 79.9. The molecule has 0 saturated carbocycles. The zero-order valence-electron chi connectivity index (χ0n) is 9.22. The zero-order chi connectivity index (χ0) is 13.4. The van der Waals surface area contributed by atoms with E-state index in [1.54, 1.807) is 0 Å². The number of aliphatic carboxylic acids is 1. The van der Waals surface area contributed by atoms with E-state index in [0.29, 0.717) is 0 Å². The first-order valence-corrected chi connectivity index (χ1v) is 5.55. The van der Waals surface area contributed by atoms with Crippen molar-refractivity contribution >= 4 is 21.9 Å². The van der Waals surface area contributed by atoms with Crippen molar-refractivity contribution in [3.05, 3.63) is 27.7 Å². The Morgan fingerprint density at radius 1 is 1.47 bits per heavy atom. The Morgan fingerprint density at radius 3 is 2.47 bits per heavy atom. The summed E-state index contributed by atoms with van der Waals surface area (Å²) in [6, 6.07) is 0.797. The Labute approximate surface area is 105 Å². The average Bonchev–Trinajstić information content (AvgIpc) is 2.12. The van der Waals surface area contributed by atoms with Gasteiger partial charge in [-0.15, -0.1) is 0 Å². The van der Waals surface area contributed by atoms with Crippen molar-refractivity contribution in [2.75, 3.05) is 0 Å². The van der Waals surface area contributed by atoms with E-state index < -0.39 is 35.2 Å². The Bertz CT molecular complexity index is 446. The maximum absolute atomic E-state index is 13.8. The molecule has 94 valence electrons. The second-order valence-corrected chi connectivity index (χ2v) is 5.19. The van der Waals surface area contributed by atoms with E-state index in [4.69, 9.17) is 5.11 Å². The molecular formula is C11H11BrF2O3. The SMILES string of the molecule is CC(C)(CC(=O)O)c1c(O)c(F)cc(Br)c1F. The van der Waals surface area contributed by atoms with Crippen molar-refractivity contribution in [1.82, 2.24) is 0 Å². The van der Waals surface area contributed by atoms with Gasteiger partial charge in [0.1, 0.15) is 5.82 Å². The monoisotopic (exact) mass is 308 g/mol. The second-order valence-electron chi connectivity index (χ2n) is 4.33. The van der Waals surface area contributed by atoms with Crippen LogP contribution in [0.5, 0.6) is 5.75 Å². The summed E-state index contributed by atoms with van der Waals surface area (Å²) in [4.78, 5) is 10.7. The molecule has 0 saturated heterocycles. The molecule has 1 aromatic rings. The summed E-state index contributed by atoms with van der Waals surface area (Å²) in [6.45, 7) is 2.84. The molecule has 0 radical (unpaired) electrons. The van der Waals surface area contributed by atoms with Crippen LogP contribution in [0, 0.1) is 11.6 Å². The topological polar surface area (TPSA) is 57.5 Å². The largest absolute Gasteiger partial charge is 0.505 e. The molecule has 0 amide bonds. The first-order valence-electron chi connectivity index (χ1n) is 4.75. The molecule has 17 heavy (non-hydrogen) atoms. The van der Waals surface area contributed by atoms with Crippen molar-refractivity contribution < 1.29 is 23.8 Å². The molecule has 0 unspecified atom stereocenters. The minimum absolute atomic E-state index is 0.152. The summed E-state index contributed by atoms with van der Waals surface area (Å²) < 4.78 is 27.0. The van der Waals surface area contributed by atoms with E-state index >= 15 is 0 Å². The molecule has 0 bridgehead atoms. The van der Waals surface area contributed by atoms with Crippen LogP contribution in [0.1, 0.15) is 25.8 Å². The smallest absolute Gasteiger partial charge is 0.304 e. The van der Waals surface area contributed by atoms with Gasteiger partial charge in [-0.25, -0.2) is 8.78 Å².